The zero-order valence-corrected chi connectivity index (χ0v) is 9.90. The smallest absolute Gasteiger partial charge is 0.0919 e. The topological polar surface area (TPSA) is 23.5 Å². The molecule has 0 aliphatic rings. The molecule has 1 N–H and O–H groups in total. The summed E-state index contributed by atoms with van der Waals surface area (Å²) in [5, 5.41) is 10.1. The van der Waals surface area contributed by atoms with Gasteiger partial charge in [-0.15, -0.1) is 0 Å². The van der Waals surface area contributed by atoms with Crippen LogP contribution >= 0.6 is 0 Å². The van der Waals surface area contributed by atoms with Crippen LogP contribution in [0.4, 0.5) is 0 Å². The van der Waals surface area contributed by atoms with E-state index in [4.69, 9.17) is 0 Å². The first-order valence-electron chi connectivity index (χ1n) is 5.65. The zero-order chi connectivity index (χ0) is 11.3. The Morgan fingerprint density at radius 1 is 1.20 bits per heavy atom. The summed E-state index contributed by atoms with van der Waals surface area (Å²) in [7, 11) is 0. The lowest BCUT2D eigenvalue weighted by Gasteiger charge is -2.22. The van der Waals surface area contributed by atoms with E-state index in [1.165, 1.54) is 0 Å². The van der Waals surface area contributed by atoms with Crippen molar-refractivity contribution in [2.24, 2.45) is 0 Å². The van der Waals surface area contributed by atoms with Gasteiger partial charge in [-0.3, -0.25) is 0 Å². The molecule has 0 saturated heterocycles. The molecule has 15 heavy (non-hydrogen) atoms. The average Bonchev–Trinajstić information content (AvgIpc) is 2.26. The molecule has 2 nitrogen and oxygen atoms in total. The minimum atomic E-state index is -0.369. The minimum absolute atomic E-state index is 0.369. The maximum atomic E-state index is 10.1. The first kappa shape index (κ1) is 12.2. The molecule has 0 aliphatic carbocycles. The van der Waals surface area contributed by atoms with Crippen molar-refractivity contribution in [3.8, 4) is 0 Å². The van der Waals surface area contributed by atoms with Gasteiger partial charge in [-0.2, -0.15) is 0 Å². The average molecular weight is 207 g/mol. The van der Waals surface area contributed by atoms with Crippen molar-refractivity contribution in [3.63, 3.8) is 0 Å². The van der Waals surface area contributed by atoms with E-state index in [1.54, 1.807) is 0 Å². The second kappa shape index (κ2) is 5.89. The summed E-state index contributed by atoms with van der Waals surface area (Å²) in [6.45, 7) is 8.97. The summed E-state index contributed by atoms with van der Waals surface area (Å²) in [5.74, 6) is 0. The number of rotatable bonds is 5. The number of hydrogen-bond acceptors (Lipinski definition) is 2. The molecule has 0 bridgehead atoms. The predicted octanol–water partition coefficient (Wildman–Crippen LogP) is 2.37. The van der Waals surface area contributed by atoms with Gasteiger partial charge in [0.15, 0.2) is 0 Å². The number of aryl methyl sites for hydroxylation is 1. The summed E-state index contributed by atoms with van der Waals surface area (Å²) in [6.07, 6.45) is -0.369. The predicted molar refractivity (Wildman–Crippen MR) is 63.9 cm³/mol. The van der Waals surface area contributed by atoms with Gasteiger partial charge in [0, 0.05) is 6.54 Å². The van der Waals surface area contributed by atoms with Crippen LogP contribution in [0.5, 0.6) is 0 Å². The van der Waals surface area contributed by atoms with Crippen LogP contribution < -0.4 is 0 Å². The van der Waals surface area contributed by atoms with Gasteiger partial charge in [0.05, 0.1) is 6.10 Å². The monoisotopic (exact) mass is 207 g/mol. The van der Waals surface area contributed by atoms with Crippen LogP contribution in [0.1, 0.15) is 31.1 Å². The van der Waals surface area contributed by atoms with E-state index in [2.05, 4.69) is 18.7 Å². The van der Waals surface area contributed by atoms with Crippen molar-refractivity contribution in [3.05, 3.63) is 35.4 Å². The Morgan fingerprint density at radius 2 is 1.80 bits per heavy atom. The molecule has 0 fully saturated rings. The van der Waals surface area contributed by atoms with Gasteiger partial charge in [-0.05, 0) is 31.1 Å². The fourth-order valence-electron chi connectivity index (χ4n) is 1.79. The lowest BCUT2D eigenvalue weighted by Crippen LogP contribution is -2.28. The van der Waals surface area contributed by atoms with Crippen LogP contribution in [0.3, 0.4) is 0 Å². The molecule has 1 unspecified atom stereocenters. The Bertz CT molecular complexity index is 294. The summed E-state index contributed by atoms with van der Waals surface area (Å²) < 4.78 is 0. The zero-order valence-electron chi connectivity index (χ0n) is 9.90. The molecule has 1 aromatic carbocycles. The van der Waals surface area contributed by atoms with Crippen molar-refractivity contribution >= 4 is 0 Å². The Kier molecular flexibility index (Phi) is 4.79. The van der Waals surface area contributed by atoms with Gasteiger partial charge in [-0.25, -0.2) is 0 Å². The molecule has 1 atom stereocenters. The third kappa shape index (κ3) is 3.33. The van der Waals surface area contributed by atoms with E-state index in [-0.39, 0.29) is 6.10 Å². The van der Waals surface area contributed by atoms with Gasteiger partial charge in [-0.1, -0.05) is 38.1 Å². The number of nitrogens with zero attached hydrogens (tertiary/aromatic N) is 1. The molecular weight excluding hydrogens is 186 g/mol. The number of aliphatic hydroxyl groups excluding tert-OH is 1. The van der Waals surface area contributed by atoms with Crippen LogP contribution in [0, 0.1) is 6.92 Å². The van der Waals surface area contributed by atoms with E-state index in [0.717, 1.165) is 30.8 Å². The maximum Gasteiger partial charge on any atom is 0.0919 e. The van der Waals surface area contributed by atoms with E-state index in [9.17, 15) is 5.11 Å². The van der Waals surface area contributed by atoms with Crippen molar-refractivity contribution < 1.29 is 5.11 Å². The highest BCUT2D eigenvalue weighted by molar-refractivity contribution is 5.27. The van der Waals surface area contributed by atoms with Crippen LogP contribution in [-0.2, 0) is 0 Å². The van der Waals surface area contributed by atoms with E-state index < -0.39 is 0 Å². The second-order valence-electron chi connectivity index (χ2n) is 3.86. The normalized spacial score (nSPS) is 13.1. The molecule has 1 aromatic rings. The standard InChI is InChI=1S/C13H21NO/c1-4-14(5-2)10-13(15)12-9-7-6-8-11(12)3/h6-9,13,15H,4-5,10H2,1-3H3. The highest BCUT2D eigenvalue weighted by Crippen LogP contribution is 2.17. The molecule has 0 radical (unpaired) electrons. The van der Waals surface area contributed by atoms with Gasteiger partial charge in [0.1, 0.15) is 0 Å². The summed E-state index contributed by atoms with van der Waals surface area (Å²) >= 11 is 0. The molecule has 0 aliphatic heterocycles. The highest BCUT2D eigenvalue weighted by Gasteiger charge is 2.12. The molecular formula is C13H21NO. The highest BCUT2D eigenvalue weighted by atomic mass is 16.3. The fourth-order valence-corrected chi connectivity index (χ4v) is 1.79. The molecule has 0 spiro atoms. The summed E-state index contributed by atoms with van der Waals surface area (Å²) in [6, 6.07) is 8.03. The van der Waals surface area contributed by atoms with E-state index in [1.807, 2.05) is 31.2 Å². The van der Waals surface area contributed by atoms with Crippen LogP contribution in [-0.4, -0.2) is 29.6 Å². The third-order valence-electron chi connectivity index (χ3n) is 2.87. The van der Waals surface area contributed by atoms with Crippen molar-refractivity contribution in [1.29, 1.82) is 0 Å². The SMILES string of the molecule is CCN(CC)CC(O)c1ccccc1C. The number of aliphatic hydroxyl groups is 1. The fraction of sp³-hybridized carbons (Fsp3) is 0.538. The lowest BCUT2D eigenvalue weighted by molar-refractivity contribution is 0.118. The molecule has 0 amide bonds. The van der Waals surface area contributed by atoms with Crippen LogP contribution in [0.2, 0.25) is 0 Å². The largest absolute Gasteiger partial charge is 0.387 e. The van der Waals surface area contributed by atoms with Gasteiger partial charge in [0.25, 0.3) is 0 Å². The molecule has 2 heteroatoms. The summed E-state index contributed by atoms with van der Waals surface area (Å²) in [4.78, 5) is 2.23. The summed E-state index contributed by atoms with van der Waals surface area (Å²) in [5.41, 5.74) is 2.21. The van der Waals surface area contributed by atoms with Crippen LogP contribution in [0.15, 0.2) is 24.3 Å². The molecule has 0 heterocycles. The number of likely N-dealkylation sites (N-methyl/N-ethyl adjacent to an activating group) is 1. The molecule has 84 valence electrons. The van der Waals surface area contributed by atoms with Crippen molar-refractivity contribution in [1.82, 2.24) is 4.90 Å². The van der Waals surface area contributed by atoms with Crippen molar-refractivity contribution in [2.45, 2.75) is 26.9 Å². The Balaban J connectivity index is 2.68. The van der Waals surface area contributed by atoms with Gasteiger partial charge >= 0.3 is 0 Å². The first-order valence-corrected chi connectivity index (χ1v) is 5.65. The number of hydrogen-bond donors (Lipinski definition) is 1. The minimum Gasteiger partial charge on any atom is -0.387 e. The van der Waals surface area contributed by atoms with Gasteiger partial charge in [0.2, 0.25) is 0 Å². The van der Waals surface area contributed by atoms with E-state index >= 15 is 0 Å². The quantitative estimate of drug-likeness (QED) is 0.801. The molecule has 1 rings (SSSR count). The Labute approximate surface area is 92.5 Å². The van der Waals surface area contributed by atoms with E-state index in [0.29, 0.717) is 0 Å². The third-order valence-corrected chi connectivity index (χ3v) is 2.87. The molecule has 0 aromatic heterocycles. The first-order chi connectivity index (χ1) is 7.19. The Morgan fingerprint density at radius 3 is 2.33 bits per heavy atom. The van der Waals surface area contributed by atoms with Crippen LogP contribution in [0.25, 0.3) is 0 Å². The van der Waals surface area contributed by atoms with Crippen molar-refractivity contribution in [2.75, 3.05) is 19.6 Å². The number of benzene rings is 1. The lowest BCUT2D eigenvalue weighted by atomic mass is 10.0. The Hall–Kier alpha value is -0.860. The second-order valence-corrected chi connectivity index (χ2v) is 3.86. The van der Waals surface area contributed by atoms with Gasteiger partial charge < -0.3 is 10.0 Å². The maximum absolute atomic E-state index is 10.1. The molecule has 0 saturated carbocycles.